The van der Waals surface area contributed by atoms with Gasteiger partial charge in [0.2, 0.25) is 0 Å². The third-order valence-electron chi connectivity index (χ3n) is 5.04. The highest BCUT2D eigenvalue weighted by molar-refractivity contribution is 7.92. The monoisotopic (exact) mass is 469 g/mol. The van der Waals surface area contributed by atoms with E-state index < -0.39 is 10.0 Å². The van der Waals surface area contributed by atoms with Crippen LogP contribution in [-0.2, 0) is 10.0 Å². The van der Waals surface area contributed by atoms with Gasteiger partial charge in [-0.1, -0.05) is 30.1 Å². The maximum absolute atomic E-state index is 12.6. The lowest BCUT2D eigenvalue weighted by Crippen LogP contribution is -2.40. The quantitative estimate of drug-likeness (QED) is 0.634. The fourth-order valence-corrected chi connectivity index (χ4v) is 5.32. The molecule has 1 heterocycles. The van der Waals surface area contributed by atoms with E-state index in [2.05, 4.69) is 21.9 Å². The molecule has 1 saturated heterocycles. The van der Waals surface area contributed by atoms with E-state index in [9.17, 15) is 13.2 Å². The maximum Gasteiger partial charge on any atom is 0.263 e. The van der Waals surface area contributed by atoms with Crippen LogP contribution in [0.4, 0.5) is 5.69 Å². The van der Waals surface area contributed by atoms with Crippen molar-refractivity contribution in [1.29, 1.82) is 0 Å². The van der Waals surface area contributed by atoms with Crippen molar-refractivity contribution in [3.05, 3.63) is 58.1 Å². The number of rotatable bonds is 7. The van der Waals surface area contributed by atoms with E-state index in [0.717, 1.165) is 19.6 Å². The Morgan fingerprint density at radius 2 is 1.90 bits per heavy atom. The molecule has 1 atom stereocenters. The lowest BCUT2D eigenvalue weighted by Gasteiger charge is -2.30. The summed E-state index contributed by atoms with van der Waals surface area (Å²) in [6.07, 6.45) is 2.47. The number of nitrogens with one attached hydrogen (secondary N) is 2. The molecule has 3 rings (SSSR count). The number of carbonyl (C=O) groups is 1. The molecule has 6 nitrogen and oxygen atoms in total. The van der Waals surface area contributed by atoms with Crippen molar-refractivity contribution in [3.8, 4) is 0 Å². The van der Waals surface area contributed by atoms with Crippen LogP contribution in [0, 0.1) is 5.92 Å². The number of nitrogens with zero attached hydrogens (tertiary/aromatic N) is 1. The van der Waals surface area contributed by atoms with Crippen LogP contribution < -0.4 is 10.0 Å². The summed E-state index contributed by atoms with van der Waals surface area (Å²) in [5, 5.41) is 3.26. The van der Waals surface area contributed by atoms with Gasteiger partial charge in [0.05, 0.1) is 5.02 Å². The normalized spacial score (nSPS) is 17.5. The van der Waals surface area contributed by atoms with Gasteiger partial charge in [0.25, 0.3) is 15.9 Å². The molecular weight excluding hydrogens is 445 g/mol. The van der Waals surface area contributed by atoms with Gasteiger partial charge in [-0.2, -0.15) is 0 Å². The number of piperidine rings is 1. The highest BCUT2D eigenvalue weighted by atomic mass is 35.5. The lowest BCUT2D eigenvalue weighted by atomic mass is 10.0. The zero-order valence-electron chi connectivity index (χ0n) is 16.7. The van der Waals surface area contributed by atoms with E-state index in [0.29, 0.717) is 23.7 Å². The predicted molar refractivity (Wildman–Crippen MR) is 121 cm³/mol. The number of likely N-dealkylation sites (tertiary alicyclic amines) is 1. The second-order valence-electron chi connectivity index (χ2n) is 7.56. The molecule has 0 radical (unpaired) electrons. The molecule has 1 aliphatic rings. The van der Waals surface area contributed by atoms with Crippen LogP contribution in [0.25, 0.3) is 0 Å². The third-order valence-corrected chi connectivity index (χ3v) is 7.13. The zero-order valence-corrected chi connectivity index (χ0v) is 19.0. The van der Waals surface area contributed by atoms with Gasteiger partial charge in [-0.05, 0) is 67.8 Å². The maximum atomic E-state index is 12.6. The minimum absolute atomic E-state index is 0.0750. The van der Waals surface area contributed by atoms with E-state index >= 15 is 0 Å². The number of benzene rings is 2. The molecule has 9 heteroatoms. The molecule has 2 aromatic carbocycles. The van der Waals surface area contributed by atoms with Gasteiger partial charge in [-0.3, -0.25) is 9.52 Å². The van der Waals surface area contributed by atoms with E-state index in [1.807, 2.05) is 0 Å². The first-order chi connectivity index (χ1) is 14.2. The smallest absolute Gasteiger partial charge is 0.263 e. The summed E-state index contributed by atoms with van der Waals surface area (Å²) in [4.78, 5) is 14.6. The minimum Gasteiger partial charge on any atom is -0.351 e. The molecule has 1 fully saturated rings. The molecule has 2 N–H and O–H groups in total. The Morgan fingerprint density at radius 1 is 1.17 bits per heavy atom. The summed E-state index contributed by atoms with van der Waals surface area (Å²) in [6, 6.07) is 10.5. The van der Waals surface area contributed by atoms with Gasteiger partial charge in [0, 0.05) is 35.9 Å². The van der Waals surface area contributed by atoms with Gasteiger partial charge in [0.15, 0.2) is 0 Å². The Bertz CT molecular complexity index is 997. The van der Waals surface area contributed by atoms with Crippen LogP contribution in [0.15, 0.2) is 47.4 Å². The van der Waals surface area contributed by atoms with Crippen molar-refractivity contribution in [1.82, 2.24) is 10.2 Å². The second-order valence-corrected chi connectivity index (χ2v) is 10.1. The van der Waals surface area contributed by atoms with Crippen LogP contribution in [0.2, 0.25) is 10.0 Å². The van der Waals surface area contributed by atoms with Crippen LogP contribution in [0.3, 0.4) is 0 Å². The van der Waals surface area contributed by atoms with Crippen LogP contribution in [0.1, 0.15) is 30.1 Å². The summed E-state index contributed by atoms with van der Waals surface area (Å²) < 4.78 is 27.6. The first kappa shape index (κ1) is 22.9. The fraction of sp³-hybridized carbons (Fsp3) is 0.381. The molecule has 0 saturated carbocycles. The first-order valence-corrected chi connectivity index (χ1v) is 12.1. The Hall–Kier alpha value is -1.80. The summed E-state index contributed by atoms with van der Waals surface area (Å²) in [5.41, 5.74) is 0.788. The largest absolute Gasteiger partial charge is 0.351 e. The fourth-order valence-electron chi connectivity index (χ4n) is 3.50. The van der Waals surface area contributed by atoms with Crippen LogP contribution >= 0.6 is 23.2 Å². The molecule has 162 valence electrons. The molecule has 1 aliphatic heterocycles. The molecule has 1 unspecified atom stereocenters. The number of hydrogen-bond acceptors (Lipinski definition) is 4. The second kappa shape index (κ2) is 10.0. The molecule has 0 aromatic heterocycles. The van der Waals surface area contributed by atoms with E-state index in [-0.39, 0.29) is 20.8 Å². The average molecular weight is 470 g/mol. The van der Waals surface area contributed by atoms with E-state index in [1.54, 1.807) is 12.1 Å². The Labute approximate surface area is 187 Å². The summed E-state index contributed by atoms with van der Waals surface area (Å²) in [5.74, 6) is 0.514. The number of anilines is 1. The molecule has 0 aliphatic carbocycles. The van der Waals surface area contributed by atoms with E-state index in [4.69, 9.17) is 23.2 Å². The molecule has 1 amide bonds. The molecular formula is C21H25Cl2N3O3S. The Morgan fingerprint density at radius 3 is 2.60 bits per heavy atom. The number of halogens is 2. The van der Waals surface area contributed by atoms with E-state index in [1.165, 1.54) is 43.2 Å². The average Bonchev–Trinajstić information content (AvgIpc) is 2.70. The van der Waals surface area contributed by atoms with Gasteiger partial charge in [-0.25, -0.2) is 8.42 Å². The van der Waals surface area contributed by atoms with Crippen molar-refractivity contribution in [2.24, 2.45) is 5.92 Å². The molecule has 30 heavy (non-hydrogen) atoms. The first-order valence-electron chi connectivity index (χ1n) is 9.83. The van der Waals surface area contributed by atoms with Crippen molar-refractivity contribution in [2.45, 2.75) is 24.7 Å². The predicted octanol–water partition coefficient (Wildman–Crippen LogP) is 4.26. The van der Waals surface area contributed by atoms with Crippen molar-refractivity contribution in [3.63, 3.8) is 0 Å². The zero-order chi connectivity index (χ0) is 21.7. The SMILES string of the molecule is CC1CCCN(CCNC(=O)c2ccc(NS(=O)(=O)c3cc(Cl)ccc3Cl)cc2)C1. The number of sulfonamides is 1. The van der Waals surface area contributed by atoms with Gasteiger partial charge < -0.3 is 10.2 Å². The third kappa shape index (κ3) is 6.11. The molecule has 2 aromatic rings. The van der Waals surface area contributed by atoms with Gasteiger partial charge in [0.1, 0.15) is 4.90 Å². The van der Waals surface area contributed by atoms with Crippen molar-refractivity contribution >= 4 is 44.8 Å². The van der Waals surface area contributed by atoms with Crippen molar-refractivity contribution < 1.29 is 13.2 Å². The van der Waals surface area contributed by atoms with Crippen LogP contribution in [0.5, 0.6) is 0 Å². The standard InChI is InChI=1S/C21H25Cl2N3O3S/c1-15-3-2-11-26(14-15)12-10-24-21(27)16-4-7-18(8-5-16)25-30(28,29)20-13-17(22)6-9-19(20)23/h4-9,13,15,25H,2-3,10-12,14H2,1H3,(H,24,27). The Kier molecular flexibility index (Phi) is 7.63. The number of amides is 1. The lowest BCUT2D eigenvalue weighted by molar-refractivity contribution is 0.0944. The summed E-state index contributed by atoms with van der Waals surface area (Å²) in [6.45, 7) is 5.80. The van der Waals surface area contributed by atoms with Crippen LogP contribution in [-0.4, -0.2) is 45.4 Å². The molecule has 0 bridgehead atoms. The summed E-state index contributed by atoms with van der Waals surface area (Å²) in [7, 11) is -3.90. The van der Waals surface area contributed by atoms with Crippen molar-refractivity contribution in [2.75, 3.05) is 30.9 Å². The topological polar surface area (TPSA) is 78.5 Å². The number of carbonyl (C=O) groups excluding carboxylic acids is 1. The Balaban J connectivity index is 1.56. The van der Waals surface area contributed by atoms with Gasteiger partial charge >= 0.3 is 0 Å². The number of hydrogen-bond donors (Lipinski definition) is 2. The molecule has 0 spiro atoms. The summed E-state index contributed by atoms with van der Waals surface area (Å²) >= 11 is 11.9. The highest BCUT2D eigenvalue weighted by Crippen LogP contribution is 2.27. The minimum atomic E-state index is -3.90. The van der Waals surface area contributed by atoms with Gasteiger partial charge in [-0.15, -0.1) is 0 Å². The highest BCUT2D eigenvalue weighted by Gasteiger charge is 2.19.